The minimum Gasteiger partial charge on any atom is -0.484 e. The van der Waals surface area contributed by atoms with Crippen LogP contribution in [0, 0.1) is 5.82 Å². The van der Waals surface area contributed by atoms with Crippen LogP contribution in [-0.4, -0.2) is 27.3 Å². The number of hydrogen-bond donors (Lipinski definition) is 1. The van der Waals surface area contributed by atoms with E-state index in [2.05, 4.69) is 20.1 Å². The maximum atomic E-state index is 13.2. The highest BCUT2D eigenvalue weighted by Gasteiger charge is 2.18. The lowest BCUT2D eigenvalue weighted by Gasteiger charge is -2.11. The summed E-state index contributed by atoms with van der Waals surface area (Å²) in [5.74, 6) is 1.04. The smallest absolute Gasteiger partial charge is 0.262 e. The summed E-state index contributed by atoms with van der Waals surface area (Å²) in [5, 5.41) is 11.9. The van der Waals surface area contributed by atoms with Crippen molar-refractivity contribution in [3.05, 3.63) is 58.1 Å². The summed E-state index contributed by atoms with van der Waals surface area (Å²) in [5.41, 5.74) is 1.27. The molecule has 0 saturated carbocycles. The van der Waals surface area contributed by atoms with Gasteiger partial charge in [-0.15, -0.1) is 10.2 Å². The molecule has 6 nitrogen and oxygen atoms in total. The number of benzene rings is 2. The normalized spacial score (nSPS) is 13.4. The van der Waals surface area contributed by atoms with E-state index in [4.69, 9.17) is 27.9 Å². The first-order valence-corrected chi connectivity index (χ1v) is 10.4. The van der Waals surface area contributed by atoms with Crippen LogP contribution >= 0.6 is 23.2 Å². The highest BCUT2D eigenvalue weighted by molar-refractivity contribution is 6.33. The first-order valence-electron chi connectivity index (χ1n) is 9.61. The van der Waals surface area contributed by atoms with Crippen molar-refractivity contribution in [3.63, 3.8) is 0 Å². The molecule has 0 spiro atoms. The van der Waals surface area contributed by atoms with Crippen molar-refractivity contribution in [2.75, 3.05) is 11.9 Å². The van der Waals surface area contributed by atoms with Crippen LogP contribution in [0.25, 0.3) is 11.4 Å². The van der Waals surface area contributed by atoms with Gasteiger partial charge in [-0.05, 0) is 43.2 Å². The van der Waals surface area contributed by atoms with Crippen LogP contribution in [0.4, 0.5) is 10.1 Å². The molecule has 3 aromatic rings. The number of aryl methyl sites for hydroxylation is 1. The minimum absolute atomic E-state index is 0.0670. The van der Waals surface area contributed by atoms with Gasteiger partial charge in [0.15, 0.2) is 12.4 Å². The van der Waals surface area contributed by atoms with E-state index in [1.54, 1.807) is 18.2 Å². The average molecular weight is 449 g/mol. The quantitative estimate of drug-likeness (QED) is 0.586. The number of carbonyl (C=O) groups excluding carboxylic acids is 1. The van der Waals surface area contributed by atoms with E-state index in [-0.39, 0.29) is 17.5 Å². The second-order valence-corrected chi connectivity index (χ2v) is 7.82. The van der Waals surface area contributed by atoms with Gasteiger partial charge in [-0.1, -0.05) is 29.6 Å². The van der Waals surface area contributed by atoms with E-state index in [0.717, 1.165) is 38.1 Å². The van der Waals surface area contributed by atoms with Crippen molar-refractivity contribution in [2.45, 2.75) is 32.2 Å². The molecule has 1 aromatic heterocycles. The van der Waals surface area contributed by atoms with E-state index in [0.29, 0.717) is 27.8 Å². The molecule has 0 bridgehead atoms. The summed E-state index contributed by atoms with van der Waals surface area (Å²) in [6.07, 6.45) is 4.22. The fraction of sp³-hybridized carbons (Fsp3) is 0.286. The Labute approximate surface area is 183 Å². The van der Waals surface area contributed by atoms with E-state index in [1.165, 1.54) is 18.2 Å². The van der Waals surface area contributed by atoms with Gasteiger partial charge < -0.3 is 14.6 Å². The fourth-order valence-electron chi connectivity index (χ4n) is 3.37. The second-order valence-electron chi connectivity index (χ2n) is 7.01. The van der Waals surface area contributed by atoms with Gasteiger partial charge in [-0.2, -0.15) is 0 Å². The Hall–Kier alpha value is -2.64. The third kappa shape index (κ3) is 4.57. The number of rotatable bonds is 5. The summed E-state index contributed by atoms with van der Waals surface area (Å²) in [6.45, 7) is 0.596. The standard InChI is InChI=1S/C21H19Cl2FN4O2/c22-16-7-5-13(25-20(29)12-30-14-6-8-18(24)17(23)11-14)10-15(16)21-27-26-19-4-2-1-3-9-28(19)21/h5-8,10-11H,1-4,9,12H2,(H,25,29). The molecule has 0 unspecified atom stereocenters. The van der Waals surface area contributed by atoms with Gasteiger partial charge in [0, 0.05) is 30.3 Å². The van der Waals surface area contributed by atoms with Gasteiger partial charge in [0.2, 0.25) is 0 Å². The monoisotopic (exact) mass is 448 g/mol. The Morgan fingerprint density at radius 3 is 2.80 bits per heavy atom. The van der Waals surface area contributed by atoms with Crippen LogP contribution in [-0.2, 0) is 17.8 Å². The number of hydrogen-bond acceptors (Lipinski definition) is 4. The van der Waals surface area contributed by atoms with Crippen LogP contribution in [0.2, 0.25) is 10.0 Å². The Morgan fingerprint density at radius 2 is 1.97 bits per heavy atom. The predicted octanol–water partition coefficient (Wildman–Crippen LogP) is 5.13. The molecule has 156 valence electrons. The number of anilines is 1. The zero-order valence-electron chi connectivity index (χ0n) is 16.0. The number of nitrogens with zero attached hydrogens (tertiary/aromatic N) is 3. The molecule has 30 heavy (non-hydrogen) atoms. The molecule has 2 heterocycles. The largest absolute Gasteiger partial charge is 0.484 e. The van der Waals surface area contributed by atoms with Crippen LogP contribution in [0.5, 0.6) is 5.75 Å². The SMILES string of the molecule is O=C(COc1ccc(F)c(Cl)c1)Nc1ccc(Cl)c(-c2nnc3n2CCCCC3)c1. The molecular formula is C21H19Cl2FN4O2. The van der Waals surface area contributed by atoms with Crippen molar-refractivity contribution in [2.24, 2.45) is 0 Å². The lowest BCUT2D eigenvalue weighted by Crippen LogP contribution is -2.20. The average Bonchev–Trinajstić information content (AvgIpc) is 2.98. The number of carbonyl (C=O) groups is 1. The molecule has 0 fully saturated rings. The number of aromatic nitrogens is 3. The third-order valence-electron chi connectivity index (χ3n) is 4.86. The van der Waals surface area contributed by atoms with E-state index in [1.807, 2.05) is 0 Å². The summed E-state index contributed by atoms with van der Waals surface area (Å²) >= 11 is 12.1. The van der Waals surface area contributed by atoms with Crippen molar-refractivity contribution in [1.82, 2.24) is 14.8 Å². The van der Waals surface area contributed by atoms with Gasteiger partial charge in [-0.25, -0.2) is 4.39 Å². The second kappa shape index (κ2) is 9.02. The molecule has 0 aliphatic carbocycles. The molecule has 0 radical (unpaired) electrons. The molecule has 1 amide bonds. The van der Waals surface area contributed by atoms with Crippen LogP contribution in [0.15, 0.2) is 36.4 Å². The molecular weight excluding hydrogens is 430 g/mol. The fourth-order valence-corrected chi connectivity index (χ4v) is 3.74. The Kier molecular flexibility index (Phi) is 6.20. The van der Waals surface area contributed by atoms with Gasteiger partial charge in [0.05, 0.1) is 10.0 Å². The Balaban J connectivity index is 1.47. The van der Waals surface area contributed by atoms with E-state index < -0.39 is 5.82 Å². The third-order valence-corrected chi connectivity index (χ3v) is 5.48. The predicted molar refractivity (Wildman–Crippen MR) is 114 cm³/mol. The molecule has 4 rings (SSSR count). The lowest BCUT2D eigenvalue weighted by atomic mass is 10.1. The van der Waals surface area contributed by atoms with Crippen LogP contribution in [0.1, 0.15) is 25.1 Å². The molecule has 1 N–H and O–H groups in total. The zero-order chi connectivity index (χ0) is 21.1. The topological polar surface area (TPSA) is 69.0 Å². The summed E-state index contributed by atoms with van der Waals surface area (Å²) in [7, 11) is 0. The van der Waals surface area contributed by atoms with Gasteiger partial charge in [-0.3, -0.25) is 4.79 Å². The maximum Gasteiger partial charge on any atom is 0.262 e. The highest BCUT2D eigenvalue weighted by Crippen LogP contribution is 2.31. The van der Waals surface area contributed by atoms with Gasteiger partial charge >= 0.3 is 0 Å². The summed E-state index contributed by atoms with van der Waals surface area (Å²) in [4.78, 5) is 12.3. The van der Waals surface area contributed by atoms with E-state index >= 15 is 0 Å². The van der Waals surface area contributed by atoms with Crippen molar-refractivity contribution in [1.29, 1.82) is 0 Å². The van der Waals surface area contributed by atoms with Gasteiger partial charge in [0.25, 0.3) is 5.91 Å². The van der Waals surface area contributed by atoms with Gasteiger partial charge in [0.1, 0.15) is 17.4 Å². The molecule has 0 atom stereocenters. The Bertz CT molecular complexity index is 1090. The number of ether oxygens (including phenoxy) is 1. The highest BCUT2D eigenvalue weighted by atomic mass is 35.5. The molecule has 1 aliphatic rings. The van der Waals surface area contributed by atoms with E-state index in [9.17, 15) is 9.18 Å². The van der Waals surface area contributed by atoms with Crippen LogP contribution < -0.4 is 10.1 Å². The van der Waals surface area contributed by atoms with Crippen LogP contribution in [0.3, 0.4) is 0 Å². The minimum atomic E-state index is -0.548. The van der Waals surface area contributed by atoms with Crippen molar-refractivity contribution in [3.8, 4) is 17.1 Å². The summed E-state index contributed by atoms with van der Waals surface area (Å²) in [6, 6.07) is 9.11. The molecule has 1 aliphatic heterocycles. The molecule has 0 saturated heterocycles. The van der Waals surface area contributed by atoms with Crippen molar-refractivity contribution < 1.29 is 13.9 Å². The zero-order valence-corrected chi connectivity index (χ0v) is 17.5. The first kappa shape index (κ1) is 20.6. The molecule has 2 aromatic carbocycles. The number of nitrogens with one attached hydrogen (secondary N) is 1. The first-order chi connectivity index (χ1) is 14.5. The lowest BCUT2D eigenvalue weighted by molar-refractivity contribution is -0.118. The summed E-state index contributed by atoms with van der Waals surface area (Å²) < 4.78 is 20.7. The maximum absolute atomic E-state index is 13.2. The molecule has 9 heteroatoms. The number of fused-ring (bicyclic) bond motifs is 1. The Morgan fingerprint density at radius 1 is 1.10 bits per heavy atom. The number of amides is 1. The van der Waals surface area contributed by atoms with Crippen molar-refractivity contribution >= 4 is 34.8 Å². The number of halogens is 3.